The number of anilines is 4. The van der Waals surface area contributed by atoms with E-state index in [1.807, 2.05) is 177 Å². The first-order valence-electron chi connectivity index (χ1n) is 48.9. The molecule has 145 heavy (non-hydrogen) atoms. The summed E-state index contributed by atoms with van der Waals surface area (Å²) < 4.78 is 73.5. The SMILES string of the molecule is C=Cc1c(O)cccc1OCc1cccnc1N1CC2CCC(C1)O2.C=Cc1c(O)cccc1OCc1cccnc1N1CC[C@H](F)C1.Cc1cccc(OCc2cccnc2C2=CC(C)(C)NC(C)(C)C2)c1C=O.Cc1cccc(OCc2cccnc2C2=CCOCC2)c1C=O.Cc1cccc(OCc2cccnc2N2CCN(C)CC2)c1C=O.O=Cc1c(O)cccc1OCc1cccnc1N1CC[C@@H](F)C1. The van der Waals surface area contributed by atoms with Crippen molar-refractivity contribution in [2.24, 2.45) is 0 Å². The lowest BCUT2D eigenvalue weighted by atomic mass is 9.81. The molecule has 7 aliphatic heterocycles. The number of aromatic nitrogens is 6. The van der Waals surface area contributed by atoms with E-state index in [1.54, 1.807) is 79.3 Å². The highest BCUT2D eigenvalue weighted by molar-refractivity contribution is 5.85. The zero-order valence-corrected chi connectivity index (χ0v) is 83.5. The third-order valence-electron chi connectivity index (χ3n) is 25.8. The number of aldehydes is 4. The maximum atomic E-state index is 13.4. The standard InChI is InChI=1S/C23H28N2O2.C20H22N2O3.C19H23N3O2.C19H19NO3.C18H19FN2O2.C17H17FN2O3/c1-16-8-6-10-20(19(16)14-26)27-15-17-9-7-11-24-21(17)18-12-22(2,3)25-23(4,5)13-18;1-2-17-18(23)6-3-7-19(17)24-13-14-5-4-10-21-20(14)22-11-15-8-9-16(12-22)25-15;1-15-5-3-7-18(17(15)13-23)24-14-16-6-4-8-20-19(16)22-11-9-21(2)10-12-22;1-14-4-2-6-18(17(14)12-21)23-13-16-5-3-9-20-19(16)15-7-10-22-11-8-15;1-2-15-16(22)6-3-7-17(15)23-12-13-5-4-9-20-18(13)21-10-8-14(19)11-21;18-13-6-8-20(9-13)17-12(3-2-7-19-17)11-23-16-5-1-4-15(22)14(16)10-21/h6-12,14,25H,13,15H2,1-5H3;2-7,10,15-16,23H,1,8-9,11-13H2;3-8,13H,9-12,14H2,1-2H3;2-7,9,12H,8,10-11,13H2,1H3;2-7,9,14,22H,1,8,10-12H2;1-5,7,10,13,22H,6,8-9,11H2/t;;;;14-;13-/m....01/s1. The molecule has 2 bridgehead atoms. The van der Waals surface area contributed by atoms with Gasteiger partial charge in [-0.15, -0.1) is 0 Å². The molecular formula is C116H128F2N12O15. The van der Waals surface area contributed by atoms with Crippen LogP contribution in [0.4, 0.5) is 32.1 Å². The molecule has 7 aliphatic rings. The number of alkyl halides is 2. The van der Waals surface area contributed by atoms with Crippen molar-refractivity contribution in [3.8, 4) is 51.7 Å². The lowest BCUT2D eigenvalue weighted by Crippen LogP contribution is -2.53. The third kappa shape index (κ3) is 28.5. The van der Waals surface area contributed by atoms with Gasteiger partial charge in [0, 0.05) is 134 Å². The molecule has 4 atom stereocenters. The fourth-order valence-corrected chi connectivity index (χ4v) is 18.7. The Morgan fingerprint density at radius 3 is 1.10 bits per heavy atom. The Hall–Kier alpha value is -15.0. The van der Waals surface area contributed by atoms with Crippen molar-refractivity contribution in [2.45, 2.75) is 162 Å². The highest BCUT2D eigenvalue weighted by Crippen LogP contribution is 2.40. The molecule has 4 N–H and O–H groups in total. The molecule has 0 amide bonds. The van der Waals surface area contributed by atoms with E-state index in [1.165, 1.54) is 17.2 Å². The number of phenolic OH excluding ortho intramolecular Hbond substituents is 3. The van der Waals surface area contributed by atoms with Gasteiger partial charge in [0.1, 0.15) is 127 Å². The molecule has 0 aliphatic carbocycles. The minimum Gasteiger partial charge on any atom is -0.507 e. The number of carbonyl (C=O) groups is 4. The number of pyridine rings is 6. The van der Waals surface area contributed by atoms with Crippen molar-refractivity contribution < 1.29 is 81.2 Å². The Morgan fingerprint density at radius 1 is 0.400 bits per heavy atom. The Kier molecular flexibility index (Phi) is 37.4. The molecular weight excluding hydrogens is 1840 g/mol. The molecule has 12 aromatic rings. The molecule has 6 aromatic carbocycles. The molecule has 0 saturated carbocycles. The molecule has 0 spiro atoms. The Balaban J connectivity index is 0.000000138. The van der Waals surface area contributed by atoms with E-state index in [0.717, 1.165) is 169 Å². The fourth-order valence-electron chi connectivity index (χ4n) is 18.7. The van der Waals surface area contributed by atoms with Gasteiger partial charge in [-0.05, 0) is 213 Å². The second kappa shape index (κ2) is 51.3. The predicted molar refractivity (Wildman–Crippen MR) is 562 cm³/mol. The van der Waals surface area contributed by atoms with Crippen molar-refractivity contribution in [1.29, 1.82) is 0 Å². The summed E-state index contributed by atoms with van der Waals surface area (Å²) in [6, 6.07) is 55.1. The van der Waals surface area contributed by atoms with E-state index < -0.39 is 12.3 Å². The number of fused-ring (bicyclic) bond motifs is 2. The predicted octanol–water partition coefficient (Wildman–Crippen LogP) is 20.5. The molecule has 5 saturated heterocycles. The van der Waals surface area contributed by atoms with Gasteiger partial charge in [-0.1, -0.05) is 128 Å². The summed E-state index contributed by atoms with van der Waals surface area (Å²) in [6.45, 7) is 33.0. The van der Waals surface area contributed by atoms with Crippen molar-refractivity contribution in [1.82, 2.24) is 40.1 Å². The van der Waals surface area contributed by atoms with Gasteiger partial charge in [-0.2, -0.15) is 0 Å². The van der Waals surface area contributed by atoms with E-state index in [9.17, 15) is 43.3 Å². The Morgan fingerprint density at radius 2 is 0.738 bits per heavy atom. The highest BCUT2D eigenvalue weighted by Gasteiger charge is 2.37. The smallest absolute Gasteiger partial charge is 0.157 e. The van der Waals surface area contributed by atoms with Gasteiger partial charge < -0.3 is 83.0 Å². The minimum absolute atomic E-state index is 0.00946. The number of halogens is 2. The van der Waals surface area contributed by atoms with E-state index in [-0.39, 0.29) is 40.5 Å². The number of carbonyl (C=O) groups excluding carboxylic acids is 4. The minimum atomic E-state index is -0.835. The van der Waals surface area contributed by atoms with Gasteiger partial charge in [0.2, 0.25) is 0 Å². The van der Waals surface area contributed by atoms with Gasteiger partial charge >= 0.3 is 0 Å². The normalized spacial score (nSPS) is 17.4. The van der Waals surface area contributed by atoms with Crippen molar-refractivity contribution in [2.75, 3.05) is 105 Å². The number of nitrogens with one attached hydrogen (secondary N) is 1. The number of aryl methyl sites for hydroxylation is 3. The summed E-state index contributed by atoms with van der Waals surface area (Å²) >= 11 is 0. The molecule has 756 valence electrons. The van der Waals surface area contributed by atoms with Gasteiger partial charge in [-0.3, -0.25) is 29.1 Å². The van der Waals surface area contributed by atoms with Gasteiger partial charge in [0.25, 0.3) is 0 Å². The number of ether oxygens (including phenoxy) is 8. The average molecular weight is 1970 g/mol. The summed E-state index contributed by atoms with van der Waals surface area (Å²) in [7, 11) is 2.14. The summed E-state index contributed by atoms with van der Waals surface area (Å²) in [4.78, 5) is 82.8. The van der Waals surface area contributed by atoms with Crippen LogP contribution in [0.2, 0.25) is 0 Å². The fraction of sp³-hybridized carbons (Fsp3) is 0.328. The number of phenols is 3. The summed E-state index contributed by atoms with van der Waals surface area (Å²) in [5.74, 6) is 6.89. The lowest BCUT2D eigenvalue weighted by molar-refractivity contribution is 0.0301. The molecule has 19 rings (SSSR count). The molecule has 6 aromatic heterocycles. The number of rotatable bonds is 30. The van der Waals surface area contributed by atoms with Gasteiger partial charge in [0.15, 0.2) is 25.1 Å². The zero-order chi connectivity index (χ0) is 102. The third-order valence-corrected chi connectivity index (χ3v) is 25.8. The molecule has 13 heterocycles. The highest BCUT2D eigenvalue weighted by atomic mass is 19.1. The molecule has 27 nitrogen and oxygen atoms in total. The first-order chi connectivity index (χ1) is 70.3. The maximum Gasteiger partial charge on any atom is 0.157 e. The van der Waals surface area contributed by atoms with Gasteiger partial charge in [0.05, 0.1) is 83.3 Å². The number of likely N-dealkylation sites (N-methyl/N-ethyl adjacent to an activating group) is 1. The molecule has 0 radical (unpaired) electrons. The van der Waals surface area contributed by atoms with Crippen LogP contribution in [0.15, 0.2) is 244 Å². The van der Waals surface area contributed by atoms with Crippen molar-refractivity contribution >= 4 is 71.7 Å². The largest absolute Gasteiger partial charge is 0.507 e. The number of nitrogens with zero attached hydrogens (tertiary/aromatic N) is 11. The van der Waals surface area contributed by atoms with E-state index in [4.69, 9.17) is 37.9 Å². The van der Waals surface area contributed by atoms with Crippen LogP contribution in [-0.4, -0.2) is 197 Å². The first kappa shape index (κ1) is 106. The quantitative estimate of drug-likeness (QED) is 0.0304. The summed E-state index contributed by atoms with van der Waals surface area (Å²) in [6.07, 6.45) is 25.3. The van der Waals surface area contributed by atoms with E-state index in [0.29, 0.717) is 165 Å². The summed E-state index contributed by atoms with van der Waals surface area (Å²) in [5, 5.41) is 33.1. The topological polar surface area (TPSA) is 308 Å². The Bertz CT molecular complexity index is 6380. The number of benzene rings is 6. The second-order valence-electron chi connectivity index (χ2n) is 37.6. The van der Waals surface area contributed by atoms with Crippen molar-refractivity contribution in [3.63, 3.8) is 0 Å². The second-order valence-corrected chi connectivity index (χ2v) is 37.6. The van der Waals surface area contributed by atoms with Crippen LogP contribution < -0.4 is 53.3 Å². The van der Waals surface area contributed by atoms with Crippen LogP contribution in [0, 0.1) is 20.8 Å². The van der Waals surface area contributed by atoms with Crippen LogP contribution in [0.1, 0.15) is 180 Å². The number of morpholine rings is 1. The van der Waals surface area contributed by atoms with Crippen LogP contribution in [0.25, 0.3) is 23.3 Å². The van der Waals surface area contributed by atoms with Crippen LogP contribution >= 0.6 is 0 Å². The first-order valence-corrected chi connectivity index (χ1v) is 48.9. The van der Waals surface area contributed by atoms with Crippen LogP contribution in [0.5, 0.6) is 51.7 Å². The lowest BCUT2D eigenvalue weighted by Gasteiger charge is -2.41. The van der Waals surface area contributed by atoms with Crippen LogP contribution in [0.3, 0.4) is 0 Å². The maximum absolute atomic E-state index is 13.4. The zero-order valence-electron chi connectivity index (χ0n) is 83.5. The molecule has 5 fully saturated rings. The van der Waals surface area contributed by atoms with Gasteiger partial charge in [-0.25, -0.2) is 28.7 Å². The van der Waals surface area contributed by atoms with E-state index in [2.05, 4.69) is 110 Å². The molecule has 2 unspecified atom stereocenters. The average Bonchev–Trinajstić information content (AvgIpc) is 0.893. The Labute approximate surface area is 846 Å². The number of hydrogen-bond donors (Lipinski definition) is 4. The van der Waals surface area contributed by atoms with Crippen molar-refractivity contribution in [3.05, 3.63) is 339 Å². The monoisotopic (exact) mass is 1970 g/mol. The number of hydrogen-bond acceptors (Lipinski definition) is 27. The number of aromatic hydroxyl groups is 3. The number of piperazine rings is 1. The van der Waals surface area contributed by atoms with E-state index >= 15 is 0 Å². The van der Waals surface area contributed by atoms with Crippen LogP contribution in [-0.2, 0) is 49.1 Å². The molecule has 29 heteroatoms. The summed E-state index contributed by atoms with van der Waals surface area (Å²) in [5.41, 5.74) is 15.9.